The Bertz CT molecular complexity index is 561. The van der Waals surface area contributed by atoms with Gasteiger partial charge in [0.1, 0.15) is 5.69 Å². The predicted octanol–water partition coefficient (Wildman–Crippen LogP) is 1.88. The van der Waals surface area contributed by atoms with Gasteiger partial charge in [-0.2, -0.15) is 0 Å². The number of aromatic amines is 1. The molecular formula is C12H13N3O2. The molecule has 5 heteroatoms. The summed E-state index contributed by atoms with van der Waals surface area (Å²) in [6, 6.07) is 5.64. The van der Waals surface area contributed by atoms with Crippen molar-refractivity contribution in [3.8, 4) is 11.5 Å². The van der Waals surface area contributed by atoms with Gasteiger partial charge in [0.05, 0.1) is 7.11 Å². The van der Waals surface area contributed by atoms with Crippen molar-refractivity contribution in [1.29, 1.82) is 0 Å². The summed E-state index contributed by atoms with van der Waals surface area (Å²) in [4.78, 5) is 23.0. The van der Waals surface area contributed by atoms with Gasteiger partial charge in [0.2, 0.25) is 0 Å². The Hall–Kier alpha value is -2.17. The number of carbonyl (C=O) groups excluding carboxylic acids is 1. The lowest BCUT2D eigenvalue weighted by molar-refractivity contribution is 0.0594. The fourth-order valence-corrected chi connectivity index (χ4v) is 1.55. The van der Waals surface area contributed by atoms with Gasteiger partial charge in [-0.05, 0) is 26.0 Å². The molecule has 0 bridgehead atoms. The summed E-state index contributed by atoms with van der Waals surface area (Å²) in [5.74, 6) is 0.129. The van der Waals surface area contributed by atoms with Crippen LogP contribution in [-0.2, 0) is 4.74 Å². The van der Waals surface area contributed by atoms with Crippen LogP contribution >= 0.6 is 0 Å². The summed E-state index contributed by atoms with van der Waals surface area (Å²) in [6.45, 7) is 3.68. The molecule has 0 radical (unpaired) electrons. The van der Waals surface area contributed by atoms with Gasteiger partial charge in [0, 0.05) is 11.4 Å². The lowest BCUT2D eigenvalue weighted by atomic mass is 10.3. The van der Waals surface area contributed by atoms with Crippen molar-refractivity contribution in [1.82, 2.24) is 15.0 Å². The van der Waals surface area contributed by atoms with E-state index in [1.807, 2.05) is 25.1 Å². The highest BCUT2D eigenvalue weighted by Crippen LogP contribution is 2.16. The molecule has 2 heterocycles. The van der Waals surface area contributed by atoms with Gasteiger partial charge in [-0.15, -0.1) is 0 Å². The summed E-state index contributed by atoms with van der Waals surface area (Å²) >= 11 is 0. The molecule has 5 nitrogen and oxygen atoms in total. The monoisotopic (exact) mass is 231 g/mol. The summed E-state index contributed by atoms with van der Waals surface area (Å²) in [5.41, 5.74) is 2.58. The molecule has 0 aliphatic heterocycles. The smallest absolute Gasteiger partial charge is 0.358 e. The van der Waals surface area contributed by atoms with E-state index in [-0.39, 0.29) is 0 Å². The van der Waals surface area contributed by atoms with Crippen molar-refractivity contribution in [2.24, 2.45) is 0 Å². The van der Waals surface area contributed by atoms with Gasteiger partial charge in [-0.25, -0.2) is 14.8 Å². The van der Waals surface area contributed by atoms with E-state index in [1.54, 1.807) is 6.92 Å². The molecule has 2 aromatic heterocycles. The molecule has 17 heavy (non-hydrogen) atoms. The second-order valence-corrected chi connectivity index (χ2v) is 3.71. The van der Waals surface area contributed by atoms with E-state index in [2.05, 4.69) is 19.7 Å². The summed E-state index contributed by atoms with van der Waals surface area (Å²) in [6.07, 6.45) is 0. The van der Waals surface area contributed by atoms with Crippen molar-refractivity contribution >= 4 is 5.97 Å². The normalized spacial score (nSPS) is 10.3. The lowest BCUT2D eigenvalue weighted by Crippen LogP contribution is -2.03. The highest BCUT2D eigenvalue weighted by atomic mass is 16.5. The zero-order valence-corrected chi connectivity index (χ0v) is 9.94. The highest BCUT2D eigenvalue weighted by Gasteiger charge is 2.16. The third-order valence-electron chi connectivity index (χ3n) is 2.39. The number of nitrogens with one attached hydrogen (secondary N) is 1. The maximum atomic E-state index is 11.4. The minimum atomic E-state index is -0.447. The van der Waals surface area contributed by atoms with E-state index < -0.39 is 5.97 Å². The molecule has 0 fully saturated rings. The second-order valence-electron chi connectivity index (χ2n) is 3.71. The van der Waals surface area contributed by atoms with Crippen molar-refractivity contribution in [3.63, 3.8) is 0 Å². The molecule has 0 saturated carbocycles. The molecule has 1 N–H and O–H groups in total. The van der Waals surface area contributed by atoms with Gasteiger partial charge < -0.3 is 9.72 Å². The van der Waals surface area contributed by atoms with Crippen LogP contribution in [0.4, 0.5) is 0 Å². The molecule has 0 aliphatic rings. The number of imidazole rings is 1. The number of nitrogens with zero attached hydrogens (tertiary/aromatic N) is 2. The first-order chi connectivity index (χ1) is 8.11. The first-order valence-corrected chi connectivity index (χ1v) is 5.20. The summed E-state index contributed by atoms with van der Waals surface area (Å²) in [7, 11) is 1.33. The number of hydrogen-bond donors (Lipinski definition) is 1. The molecule has 0 saturated heterocycles. The van der Waals surface area contributed by atoms with Gasteiger partial charge in [0.15, 0.2) is 11.5 Å². The van der Waals surface area contributed by atoms with Crippen LogP contribution in [0.25, 0.3) is 11.5 Å². The largest absolute Gasteiger partial charge is 0.464 e. The van der Waals surface area contributed by atoms with E-state index >= 15 is 0 Å². The van der Waals surface area contributed by atoms with Crippen LogP contribution < -0.4 is 0 Å². The number of aryl methyl sites for hydroxylation is 2. The SMILES string of the molecule is COC(=O)c1nc(-c2cccc(C)n2)[nH]c1C. The molecular weight excluding hydrogens is 218 g/mol. The van der Waals surface area contributed by atoms with Crippen molar-refractivity contribution in [2.45, 2.75) is 13.8 Å². The fraction of sp³-hybridized carbons (Fsp3) is 0.250. The topological polar surface area (TPSA) is 67.9 Å². The Labute approximate surface area is 98.9 Å². The van der Waals surface area contributed by atoms with Crippen molar-refractivity contribution in [3.05, 3.63) is 35.3 Å². The van der Waals surface area contributed by atoms with Crippen LogP contribution in [0.15, 0.2) is 18.2 Å². The van der Waals surface area contributed by atoms with Crippen LogP contribution in [0.1, 0.15) is 21.9 Å². The van der Waals surface area contributed by atoms with E-state index in [0.717, 1.165) is 5.69 Å². The maximum Gasteiger partial charge on any atom is 0.358 e. The molecule has 0 amide bonds. The molecule has 2 aromatic rings. The molecule has 88 valence electrons. The predicted molar refractivity (Wildman–Crippen MR) is 62.6 cm³/mol. The Morgan fingerprint density at radius 3 is 2.71 bits per heavy atom. The number of rotatable bonds is 2. The Morgan fingerprint density at radius 1 is 1.29 bits per heavy atom. The van der Waals surface area contributed by atoms with E-state index in [4.69, 9.17) is 0 Å². The van der Waals surface area contributed by atoms with Crippen LogP contribution in [0.5, 0.6) is 0 Å². The number of H-pyrrole nitrogens is 1. The first-order valence-electron chi connectivity index (χ1n) is 5.20. The number of ether oxygens (including phenoxy) is 1. The maximum absolute atomic E-state index is 11.4. The minimum Gasteiger partial charge on any atom is -0.464 e. The molecule has 2 rings (SSSR count). The Balaban J connectivity index is 2.44. The summed E-state index contributed by atoms with van der Waals surface area (Å²) in [5, 5.41) is 0. The minimum absolute atomic E-state index is 0.297. The van der Waals surface area contributed by atoms with Crippen molar-refractivity contribution in [2.75, 3.05) is 7.11 Å². The zero-order chi connectivity index (χ0) is 12.4. The van der Waals surface area contributed by atoms with Gasteiger partial charge >= 0.3 is 5.97 Å². The number of pyridine rings is 1. The second kappa shape index (κ2) is 4.37. The zero-order valence-electron chi connectivity index (χ0n) is 9.94. The van der Waals surface area contributed by atoms with E-state index in [9.17, 15) is 4.79 Å². The van der Waals surface area contributed by atoms with E-state index in [1.165, 1.54) is 7.11 Å². The van der Waals surface area contributed by atoms with Crippen LogP contribution in [0.2, 0.25) is 0 Å². The highest BCUT2D eigenvalue weighted by molar-refractivity contribution is 5.89. The van der Waals surface area contributed by atoms with Crippen LogP contribution in [0, 0.1) is 13.8 Å². The van der Waals surface area contributed by atoms with Crippen molar-refractivity contribution < 1.29 is 9.53 Å². The average Bonchev–Trinajstić information content (AvgIpc) is 2.70. The molecule has 0 aromatic carbocycles. The number of hydrogen-bond acceptors (Lipinski definition) is 4. The Morgan fingerprint density at radius 2 is 2.06 bits per heavy atom. The number of methoxy groups -OCH3 is 1. The first kappa shape index (κ1) is 11.3. The number of esters is 1. The van der Waals surface area contributed by atoms with E-state index in [0.29, 0.717) is 22.9 Å². The molecule has 0 unspecified atom stereocenters. The van der Waals surface area contributed by atoms with Gasteiger partial charge in [-0.3, -0.25) is 0 Å². The average molecular weight is 231 g/mol. The molecule has 0 atom stereocenters. The van der Waals surface area contributed by atoms with Crippen LogP contribution in [0.3, 0.4) is 0 Å². The quantitative estimate of drug-likeness (QED) is 0.801. The molecule has 0 aliphatic carbocycles. The Kier molecular flexibility index (Phi) is 2.91. The summed E-state index contributed by atoms with van der Waals surface area (Å²) < 4.78 is 4.65. The third-order valence-corrected chi connectivity index (χ3v) is 2.39. The van der Waals surface area contributed by atoms with Crippen LogP contribution in [-0.4, -0.2) is 28.0 Å². The number of carbonyl (C=O) groups is 1. The van der Waals surface area contributed by atoms with Gasteiger partial charge in [0.25, 0.3) is 0 Å². The molecule has 0 spiro atoms. The standard InChI is InChI=1S/C12H13N3O2/c1-7-5-4-6-9(13-7)11-14-8(2)10(15-11)12(16)17-3/h4-6H,1-3H3,(H,14,15). The lowest BCUT2D eigenvalue weighted by Gasteiger charge is -1.96. The fourth-order valence-electron chi connectivity index (χ4n) is 1.55. The third kappa shape index (κ3) is 2.18. The van der Waals surface area contributed by atoms with Gasteiger partial charge in [-0.1, -0.05) is 6.07 Å². The number of aromatic nitrogens is 3.